The fourth-order valence-electron chi connectivity index (χ4n) is 3.01. The molecule has 7 nitrogen and oxygen atoms in total. The predicted octanol–water partition coefficient (Wildman–Crippen LogP) is 0.722. The summed E-state index contributed by atoms with van der Waals surface area (Å²) < 4.78 is 0. The Morgan fingerprint density at radius 1 is 1.05 bits per heavy atom. The van der Waals surface area contributed by atoms with E-state index in [9.17, 15) is 5.11 Å². The first kappa shape index (κ1) is 14.3. The molecule has 2 saturated heterocycles. The monoisotopic (exact) mass is 292 g/mol. The Morgan fingerprint density at radius 2 is 1.76 bits per heavy atom. The molecule has 1 aromatic rings. The van der Waals surface area contributed by atoms with Gasteiger partial charge in [0, 0.05) is 45.8 Å². The van der Waals surface area contributed by atoms with Crippen LogP contribution in [0.4, 0.5) is 17.8 Å². The van der Waals surface area contributed by atoms with Gasteiger partial charge >= 0.3 is 0 Å². The number of piperidine rings is 1. The van der Waals surface area contributed by atoms with Gasteiger partial charge in [-0.25, -0.2) is 0 Å². The first-order chi connectivity index (χ1) is 10.3. The Hall–Kier alpha value is -1.63. The van der Waals surface area contributed by atoms with Gasteiger partial charge in [0.15, 0.2) is 0 Å². The Balaban J connectivity index is 1.82. The molecule has 0 aromatic carbocycles. The van der Waals surface area contributed by atoms with Gasteiger partial charge < -0.3 is 20.2 Å². The molecule has 1 aromatic heterocycles. The lowest BCUT2D eigenvalue weighted by Crippen LogP contribution is -2.32. The Labute approximate surface area is 125 Å². The molecule has 0 saturated carbocycles. The molecule has 2 aliphatic rings. The summed E-state index contributed by atoms with van der Waals surface area (Å²) in [4.78, 5) is 18.0. The minimum absolute atomic E-state index is 0.236. The van der Waals surface area contributed by atoms with Gasteiger partial charge in [-0.15, -0.1) is 0 Å². The van der Waals surface area contributed by atoms with Crippen LogP contribution in [-0.4, -0.2) is 59.9 Å². The third kappa shape index (κ3) is 3.18. The van der Waals surface area contributed by atoms with Crippen molar-refractivity contribution in [1.82, 2.24) is 15.0 Å². The van der Waals surface area contributed by atoms with Crippen LogP contribution < -0.4 is 15.1 Å². The smallest absolute Gasteiger partial charge is 0.231 e. The minimum Gasteiger partial charge on any atom is -0.396 e. The molecular weight excluding hydrogens is 268 g/mol. The van der Waals surface area contributed by atoms with E-state index in [1.54, 1.807) is 0 Å². The molecule has 0 aliphatic carbocycles. The van der Waals surface area contributed by atoms with Crippen LogP contribution in [0.2, 0.25) is 0 Å². The van der Waals surface area contributed by atoms with Crippen molar-refractivity contribution in [2.24, 2.45) is 5.92 Å². The number of anilines is 3. The third-order valence-corrected chi connectivity index (χ3v) is 4.30. The van der Waals surface area contributed by atoms with Crippen LogP contribution in [-0.2, 0) is 0 Å². The van der Waals surface area contributed by atoms with Crippen molar-refractivity contribution in [3.8, 4) is 0 Å². The number of aliphatic hydroxyl groups is 1. The summed E-state index contributed by atoms with van der Waals surface area (Å²) in [5.41, 5.74) is 0. The molecule has 116 valence electrons. The van der Waals surface area contributed by atoms with Gasteiger partial charge in [0.25, 0.3) is 0 Å². The maximum atomic E-state index is 9.29. The third-order valence-electron chi connectivity index (χ3n) is 4.30. The fraction of sp³-hybridized carbons (Fsp3) is 0.786. The lowest BCUT2D eigenvalue weighted by atomic mass is 10.1. The SMILES string of the molecule is CNc1nc(N2CCCCC2)nc(N2CCC(CO)C2)n1. The van der Waals surface area contributed by atoms with Crippen LogP contribution in [0.15, 0.2) is 0 Å². The van der Waals surface area contributed by atoms with Crippen molar-refractivity contribution in [3.63, 3.8) is 0 Å². The molecular formula is C14H24N6O. The molecule has 1 unspecified atom stereocenters. The summed E-state index contributed by atoms with van der Waals surface area (Å²) in [6, 6.07) is 0. The molecule has 2 N–H and O–H groups in total. The summed E-state index contributed by atoms with van der Waals surface area (Å²) in [5.74, 6) is 2.45. The van der Waals surface area contributed by atoms with Gasteiger partial charge in [-0.3, -0.25) is 0 Å². The number of hydrogen-bond donors (Lipinski definition) is 2. The van der Waals surface area contributed by atoms with E-state index in [1.807, 2.05) is 7.05 Å². The second-order valence-corrected chi connectivity index (χ2v) is 5.84. The molecule has 0 radical (unpaired) electrons. The van der Waals surface area contributed by atoms with Crippen molar-refractivity contribution in [3.05, 3.63) is 0 Å². The highest BCUT2D eigenvalue weighted by molar-refractivity contribution is 5.45. The van der Waals surface area contributed by atoms with Crippen molar-refractivity contribution in [1.29, 1.82) is 0 Å². The number of aliphatic hydroxyl groups excluding tert-OH is 1. The van der Waals surface area contributed by atoms with Crippen LogP contribution in [0.25, 0.3) is 0 Å². The first-order valence-corrected chi connectivity index (χ1v) is 7.84. The van der Waals surface area contributed by atoms with Crippen LogP contribution in [0, 0.1) is 5.92 Å². The summed E-state index contributed by atoms with van der Waals surface area (Å²) in [5, 5.41) is 12.3. The average molecular weight is 292 g/mol. The number of nitrogens with zero attached hydrogens (tertiary/aromatic N) is 5. The Morgan fingerprint density at radius 3 is 2.38 bits per heavy atom. The van der Waals surface area contributed by atoms with E-state index in [2.05, 4.69) is 30.1 Å². The normalized spacial score (nSPS) is 22.7. The van der Waals surface area contributed by atoms with Crippen molar-refractivity contribution in [2.75, 3.05) is 55.0 Å². The molecule has 0 spiro atoms. The quantitative estimate of drug-likeness (QED) is 0.846. The number of aromatic nitrogens is 3. The number of rotatable bonds is 4. The average Bonchev–Trinajstić information content (AvgIpc) is 3.04. The summed E-state index contributed by atoms with van der Waals surface area (Å²) >= 11 is 0. The number of hydrogen-bond acceptors (Lipinski definition) is 7. The summed E-state index contributed by atoms with van der Waals surface area (Å²) in [7, 11) is 1.83. The second-order valence-electron chi connectivity index (χ2n) is 5.84. The molecule has 3 heterocycles. The van der Waals surface area contributed by atoms with E-state index >= 15 is 0 Å². The van der Waals surface area contributed by atoms with Crippen LogP contribution in [0.3, 0.4) is 0 Å². The molecule has 2 fully saturated rings. The lowest BCUT2D eigenvalue weighted by Gasteiger charge is -2.27. The second kappa shape index (κ2) is 6.43. The predicted molar refractivity (Wildman–Crippen MR) is 82.8 cm³/mol. The number of nitrogens with one attached hydrogen (secondary N) is 1. The van der Waals surface area contributed by atoms with Gasteiger partial charge in [-0.05, 0) is 25.7 Å². The van der Waals surface area contributed by atoms with Crippen molar-refractivity contribution >= 4 is 17.8 Å². The molecule has 1 atom stereocenters. The Bertz CT molecular complexity index is 477. The van der Waals surface area contributed by atoms with Crippen LogP contribution in [0.1, 0.15) is 25.7 Å². The Kier molecular flexibility index (Phi) is 4.38. The highest BCUT2D eigenvalue weighted by Crippen LogP contribution is 2.24. The maximum absolute atomic E-state index is 9.29. The van der Waals surface area contributed by atoms with Gasteiger partial charge in [0.2, 0.25) is 17.8 Å². The largest absolute Gasteiger partial charge is 0.396 e. The molecule has 0 bridgehead atoms. The van der Waals surface area contributed by atoms with Gasteiger partial charge in [-0.1, -0.05) is 0 Å². The molecule has 21 heavy (non-hydrogen) atoms. The van der Waals surface area contributed by atoms with E-state index in [1.165, 1.54) is 19.3 Å². The lowest BCUT2D eigenvalue weighted by molar-refractivity contribution is 0.238. The van der Waals surface area contributed by atoms with Crippen LogP contribution in [0.5, 0.6) is 0 Å². The molecule has 7 heteroatoms. The maximum Gasteiger partial charge on any atom is 0.231 e. The zero-order valence-electron chi connectivity index (χ0n) is 12.6. The summed E-state index contributed by atoms with van der Waals surface area (Å²) in [6.45, 7) is 4.00. The minimum atomic E-state index is 0.236. The summed E-state index contributed by atoms with van der Waals surface area (Å²) in [6.07, 6.45) is 4.69. The van der Waals surface area contributed by atoms with E-state index in [-0.39, 0.29) is 6.61 Å². The van der Waals surface area contributed by atoms with Gasteiger partial charge in [0.1, 0.15) is 0 Å². The highest BCUT2D eigenvalue weighted by atomic mass is 16.3. The molecule has 0 amide bonds. The van der Waals surface area contributed by atoms with Crippen LogP contribution >= 0.6 is 0 Å². The van der Waals surface area contributed by atoms with Crippen molar-refractivity contribution < 1.29 is 5.11 Å². The standard InChI is InChI=1S/C14H24N6O/c1-15-12-16-13(19-6-3-2-4-7-19)18-14(17-12)20-8-5-11(9-20)10-21/h11,21H,2-10H2,1H3,(H,15,16,17,18). The zero-order chi connectivity index (χ0) is 14.7. The van der Waals surface area contributed by atoms with E-state index in [0.717, 1.165) is 44.5 Å². The topological polar surface area (TPSA) is 77.4 Å². The van der Waals surface area contributed by atoms with E-state index < -0.39 is 0 Å². The zero-order valence-corrected chi connectivity index (χ0v) is 12.6. The first-order valence-electron chi connectivity index (χ1n) is 7.84. The molecule has 2 aliphatic heterocycles. The highest BCUT2D eigenvalue weighted by Gasteiger charge is 2.25. The van der Waals surface area contributed by atoms with E-state index in [0.29, 0.717) is 11.9 Å². The van der Waals surface area contributed by atoms with Gasteiger partial charge in [-0.2, -0.15) is 15.0 Å². The fourth-order valence-corrected chi connectivity index (χ4v) is 3.01. The molecule has 3 rings (SSSR count). The van der Waals surface area contributed by atoms with Crippen molar-refractivity contribution in [2.45, 2.75) is 25.7 Å². The van der Waals surface area contributed by atoms with Gasteiger partial charge in [0.05, 0.1) is 0 Å². The van der Waals surface area contributed by atoms with E-state index in [4.69, 9.17) is 0 Å².